The fourth-order valence-corrected chi connectivity index (χ4v) is 0.911. The van der Waals surface area contributed by atoms with Crippen LogP contribution in [0, 0.1) is 0 Å². The van der Waals surface area contributed by atoms with E-state index in [-0.39, 0.29) is 17.8 Å². The Bertz CT molecular complexity index is 430. The van der Waals surface area contributed by atoms with Crippen LogP contribution in [0.1, 0.15) is 0 Å². The summed E-state index contributed by atoms with van der Waals surface area (Å²) in [6.07, 6.45) is 0. The molecule has 0 spiro atoms. The van der Waals surface area contributed by atoms with E-state index in [9.17, 15) is 0 Å². The predicted molar refractivity (Wildman–Crippen MR) is 40.6 cm³/mol. The third-order valence-electron chi connectivity index (χ3n) is 1.38. The molecule has 0 saturated heterocycles. The zero-order chi connectivity index (χ0) is 8.72. The van der Waals surface area contributed by atoms with Gasteiger partial charge in [-0.15, -0.1) is 9.97 Å². The molecule has 0 aliphatic rings. The van der Waals surface area contributed by atoms with E-state index in [1.807, 2.05) is 0 Å². The molecule has 0 amide bonds. The minimum atomic E-state index is 0.0685. The van der Waals surface area contributed by atoms with Gasteiger partial charge in [-0.2, -0.15) is 9.50 Å². The van der Waals surface area contributed by atoms with Crippen molar-refractivity contribution in [3.8, 4) is 0 Å². The SMILES string of the molecule is Nc1nc(N)[n+]2c(N)[nH]nc2n1. The molecule has 8 nitrogen and oxygen atoms in total. The van der Waals surface area contributed by atoms with Crippen LogP contribution in [0.3, 0.4) is 0 Å². The molecule has 12 heavy (non-hydrogen) atoms. The third-order valence-corrected chi connectivity index (χ3v) is 1.38. The van der Waals surface area contributed by atoms with Gasteiger partial charge in [0, 0.05) is 0 Å². The lowest BCUT2D eigenvalue weighted by Gasteiger charge is -1.91. The molecule has 8 heteroatoms. The Balaban J connectivity index is 2.93. The van der Waals surface area contributed by atoms with E-state index >= 15 is 0 Å². The molecule has 2 rings (SSSR count). The molecule has 0 fully saturated rings. The predicted octanol–water partition coefficient (Wildman–Crippen LogP) is -2.32. The van der Waals surface area contributed by atoms with Gasteiger partial charge in [0.25, 0.3) is 17.8 Å². The molecule has 0 unspecified atom stereocenters. The van der Waals surface area contributed by atoms with E-state index in [0.717, 1.165) is 0 Å². The first-order valence-corrected chi connectivity index (χ1v) is 3.13. The Labute approximate surface area is 66.4 Å². The second-order valence-corrected chi connectivity index (χ2v) is 2.18. The van der Waals surface area contributed by atoms with Gasteiger partial charge in [0.15, 0.2) is 0 Å². The fraction of sp³-hybridized carbons (Fsp3) is 0. The molecular formula is C4H7N8+. The second-order valence-electron chi connectivity index (χ2n) is 2.18. The summed E-state index contributed by atoms with van der Waals surface area (Å²) in [5, 5.41) is 6.24. The number of hydrogen-bond donors (Lipinski definition) is 4. The highest BCUT2D eigenvalue weighted by molar-refractivity contribution is 5.32. The molecule has 62 valence electrons. The summed E-state index contributed by atoms with van der Waals surface area (Å²) >= 11 is 0. The van der Waals surface area contributed by atoms with Crippen LogP contribution in [0.25, 0.3) is 5.78 Å². The van der Waals surface area contributed by atoms with Crippen molar-refractivity contribution in [2.45, 2.75) is 0 Å². The van der Waals surface area contributed by atoms with E-state index in [0.29, 0.717) is 5.78 Å². The summed E-state index contributed by atoms with van der Waals surface area (Å²) < 4.78 is 1.36. The minimum absolute atomic E-state index is 0.0685. The van der Waals surface area contributed by atoms with Crippen LogP contribution in [0.5, 0.6) is 0 Å². The molecule has 7 N–H and O–H groups in total. The Morgan fingerprint density at radius 2 is 1.92 bits per heavy atom. The first-order valence-electron chi connectivity index (χ1n) is 3.13. The lowest BCUT2D eigenvalue weighted by atomic mass is 10.8. The van der Waals surface area contributed by atoms with Gasteiger partial charge < -0.3 is 17.2 Å². The molecule has 2 heterocycles. The van der Waals surface area contributed by atoms with Crippen molar-refractivity contribution in [3.05, 3.63) is 0 Å². The molecule has 0 aromatic carbocycles. The van der Waals surface area contributed by atoms with E-state index < -0.39 is 0 Å². The van der Waals surface area contributed by atoms with E-state index in [2.05, 4.69) is 20.2 Å². The first kappa shape index (κ1) is 6.58. The number of fused-ring (bicyclic) bond motifs is 1. The Morgan fingerprint density at radius 1 is 1.17 bits per heavy atom. The maximum atomic E-state index is 5.49. The van der Waals surface area contributed by atoms with Crippen molar-refractivity contribution < 1.29 is 4.40 Å². The normalized spacial score (nSPS) is 10.7. The van der Waals surface area contributed by atoms with Crippen LogP contribution in [0.4, 0.5) is 17.8 Å². The van der Waals surface area contributed by atoms with Crippen molar-refractivity contribution in [3.63, 3.8) is 0 Å². The highest BCUT2D eigenvalue weighted by atomic mass is 15.4. The molecule has 2 aromatic heterocycles. The van der Waals surface area contributed by atoms with E-state index in [4.69, 9.17) is 17.2 Å². The topological polar surface area (TPSA) is 137 Å². The van der Waals surface area contributed by atoms with Crippen molar-refractivity contribution in [2.24, 2.45) is 0 Å². The van der Waals surface area contributed by atoms with Crippen LogP contribution in [-0.4, -0.2) is 20.2 Å². The number of nitrogens with zero attached hydrogens (tertiary/aromatic N) is 4. The van der Waals surface area contributed by atoms with Gasteiger partial charge in [-0.05, 0) is 5.10 Å². The van der Waals surface area contributed by atoms with Crippen molar-refractivity contribution >= 4 is 23.6 Å². The molecule has 0 atom stereocenters. The highest BCUT2D eigenvalue weighted by Gasteiger charge is 2.13. The summed E-state index contributed by atoms with van der Waals surface area (Å²) in [6, 6.07) is 0. The van der Waals surface area contributed by atoms with Crippen LogP contribution in [0.2, 0.25) is 0 Å². The largest absolute Gasteiger partial charge is 0.357 e. The minimum Gasteiger partial charge on any atom is -0.356 e. The number of aromatic amines is 1. The molecule has 2 aromatic rings. The van der Waals surface area contributed by atoms with Crippen LogP contribution >= 0.6 is 0 Å². The number of anilines is 3. The van der Waals surface area contributed by atoms with Gasteiger partial charge in [0.05, 0.1) is 0 Å². The van der Waals surface area contributed by atoms with Crippen molar-refractivity contribution in [2.75, 3.05) is 17.2 Å². The smallest absolute Gasteiger partial charge is 0.356 e. The maximum absolute atomic E-state index is 5.49. The number of hydrogen-bond acceptors (Lipinski definition) is 6. The van der Waals surface area contributed by atoms with E-state index in [1.165, 1.54) is 4.40 Å². The fourth-order valence-electron chi connectivity index (χ4n) is 0.911. The Kier molecular flexibility index (Phi) is 1.06. The van der Waals surface area contributed by atoms with Crippen LogP contribution < -0.4 is 21.6 Å². The summed E-state index contributed by atoms with van der Waals surface area (Å²) in [5.74, 6) is 0.794. The zero-order valence-electron chi connectivity index (χ0n) is 6.02. The van der Waals surface area contributed by atoms with Crippen molar-refractivity contribution in [1.29, 1.82) is 0 Å². The van der Waals surface area contributed by atoms with Gasteiger partial charge in [0.1, 0.15) is 0 Å². The average molecular weight is 167 g/mol. The van der Waals surface area contributed by atoms with Gasteiger partial charge in [-0.25, -0.2) is 0 Å². The number of aromatic nitrogens is 5. The first-order chi connectivity index (χ1) is 5.68. The number of H-pyrrole nitrogens is 1. The Hall–Kier alpha value is -2.12. The van der Waals surface area contributed by atoms with Crippen molar-refractivity contribution in [1.82, 2.24) is 20.2 Å². The average Bonchev–Trinajstić information content (AvgIpc) is 2.31. The Morgan fingerprint density at radius 3 is 2.67 bits per heavy atom. The second kappa shape index (κ2) is 1.94. The van der Waals surface area contributed by atoms with Gasteiger partial charge in [-0.3, -0.25) is 0 Å². The number of nitrogen functional groups attached to an aromatic ring is 3. The van der Waals surface area contributed by atoms with Crippen LogP contribution in [-0.2, 0) is 0 Å². The molecular weight excluding hydrogens is 160 g/mol. The van der Waals surface area contributed by atoms with Gasteiger partial charge >= 0.3 is 5.78 Å². The van der Waals surface area contributed by atoms with E-state index in [1.54, 1.807) is 0 Å². The lowest BCUT2D eigenvalue weighted by molar-refractivity contribution is -0.484. The highest BCUT2D eigenvalue weighted by Crippen LogP contribution is 1.97. The quantitative estimate of drug-likeness (QED) is 0.325. The van der Waals surface area contributed by atoms with Gasteiger partial charge in [-0.1, -0.05) is 0 Å². The number of rotatable bonds is 0. The molecule has 0 aliphatic carbocycles. The molecule has 0 bridgehead atoms. The molecule has 0 radical (unpaired) electrons. The summed E-state index contributed by atoms with van der Waals surface area (Å²) in [5.41, 5.74) is 16.3. The van der Waals surface area contributed by atoms with Crippen LogP contribution in [0.15, 0.2) is 0 Å². The summed E-state index contributed by atoms with van der Waals surface area (Å²) in [4.78, 5) is 7.49. The number of nitrogens with one attached hydrogen (secondary N) is 1. The third kappa shape index (κ3) is 0.713. The summed E-state index contributed by atoms with van der Waals surface area (Å²) in [7, 11) is 0. The lowest BCUT2D eigenvalue weighted by Crippen LogP contribution is -2.31. The van der Waals surface area contributed by atoms with Gasteiger partial charge in [0.2, 0.25) is 0 Å². The summed E-state index contributed by atoms with van der Waals surface area (Å²) in [6.45, 7) is 0. The standard InChI is InChI=1S/C4H6N8/c5-1-8-2(6)12-3(7)10-11-4(12)9-1/h(H6,5,6,7,8,9,10,11)/p+1. The number of nitrogens with two attached hydrogens (primary N) is 3. The zero-order valence-corrected chi connectivity index (χ0v) is 6.02. The molecule has 0 saturated carbocycles. The monoisotopic (exact) mass is 167 g/mol. The maximum Gasteiger partial charge on any atom is 0.357 e. The molecule has 0 aliphatic heterocycles.